The molecular weight excluding hydrogens is 318 g/mol. The molecule has 0 spiro atoms. The molecule has 124 valence electrons. The van der Waals surface area contributed by atoms with Crippen LogP contribution in [0.25, 0.3) is 11.4 Å². The Kier molecular flexibility index (Phi) is 5.22. The van der Waals surface area contributed by atoms with Gasteiger partial charge in [-0.2, -0.15) is 9.67 Å². The number of anilines is 1. The first kappa shape index (κ1) is 16.8. The van der Waals surface area contributed by atoms with E-state index in [-0.39, 0.29) is 5.95 Å². The van der Waals surface area contributed by atoms with Crippen molar-refractivity contribution in [3.05, 3.63) is 12.1 Å². The number of thiocarbonyl (C=S) groups is 1. The SMILES string of the molecule is CCNC(=S)n1nc(-c2cc(OC)c(OC)c(OC)c2)nc1N. The quantitative estimate of drug-likeness (QED) is 0.788. The van der Waals surface area contributed by atoms with Crippen LogP contribution in [-0.2, 0) is 0 Å². The minimum Gasteiger partial charge on any atom is -0.493 e. The molecule has 0 saturated heterocycles. The van der Waals surface area contributed by atoms with Crippen LogP contribution in [0.5, 0.6) is 17.2 Å². The summed E-state index contributed by atoms with van der Waals surface area (Å²) >= 11 is 5.21. The molecule has 1 heterocycles. The molecule has 2 aromatic rings. The Morgan fingerprint density at radius 2 is 1.83 bits per heavy atom. The Bertz CT molecular complexity index is 691. The molecule has 23 heavy (non-hydrogen) atoms. The number of nitrogens with one attached hydrogen (secondary N) is 1. The molecule has 0 aliphatic heterocycles. The van der Waals surface area contributed by atoms with Gasteiger partial charge in [-0.3, -0.25) is 0 Å². The molecule has 9 heteroatoms. The Morgan fingerprint density at radius 3 is 2.30 bits per heavy atom. The van der Waals surface area contributed by atoms with Crippen molar-refractivity contribution >= 4 is 23.3 Å². The number of benzene rings is 1. The number of methoxy groups -OCH3 is 3. The summed E-state index contributed by atoms with van der Waals surface area (Å²) in [4.78, 5) is 4.24. The zero-order valence-electron chi connectivity index (χ0n) is 13.4. The second kappa shape index (κ2) is 7.14. The highest BCUT2D eigenvalue weighted by molar-refractivity contribution is 7.80. The number of nitrogen functional groups attached to an aromatic ring is 1. The van der Waals surface area contributed by atoms with Crippen molar-refractivity contribution < 1.29 is 14.2 Å². The number of nitrogens with two attached hydrogens (primary N) is 1. The van der Waals surface area contributed by atoms with Gasteiger partial charge in [-0.25, -0.2) is 0 Å². The number of hydrogen-bond donors (Lipinski definition) is 2. The minimum absolute atomic E-state index is 0.194. The van der Waals surface area contributed by atoms with E-state index in [2.05, 4.69) is 15.4 Å². The molecule has 2 rings (SSSR count). The predicted molar refractivity (Wildman–Crippen MR) is 91.2 cm³/mol. The maximum absolute atomic E-state index is 5.88. The molecule has 0 amide bonds. The lowest BCUT2D eigenvalue weighted by atomic mass is 10.1. The van der Waals surface area contributed by atoms with Crippen LogP contribution < -0.4 is 25.3 Å². The molecule has 0 fully saturated rings. The highest BCUT2D eigenvalue weighted by Gasteiger charge is 2.18. The van der Waals surface area contributed by atoms with E-state index in [1.54, 1.807) is 33.5 Å². The van der Waals surface area contributed by atoms with Crippen molar-refractivity contribution in [2.24, 2.45) is 0 Å². The maximum Gasteiger partial charge on any atom is 0.226 e. The Labute approximate surface area is 139 Å². The van der Waals surface area contributed by atoms with Crippen LogP contribution in [0.4, 0.5) is 5.95 Å². The third-order valence-electron chi connectivity index (χ3n) is 3.08. The zero-order chi connectivity index (χ0) is 17.0. The van der Waals surface area contributed by atoms with Crippen LogP contribution in [-0.4, -0.2) is 47.8 Å². The molecule has 0 bridgehead atoms. The molecule has 1 aromatic carbocycles. The fourth-order valence-electron chi connectivity index (χ4n) is 2.03. The van der Waals surface area contributed by atoms with Crippen molar-refractivity contribution in [3.8, 4) is 28.6 Å². The summed E-state index contributed by atoms with van der Waals surface area (Å²) in [7, 11) is 4.63. The van der Waals surface area contributed by atoms with Gasteiger partial charge in [0, 0.05) is 12.1 Å². The summed E-state index contributed by atoms with van der Waals surface area (Å²) in [5.41, 5.74) is 6.55. The van der Waals surface area contributed by atoms with Gasteiger partial charge in [0.15, 0.2) is 22.4 Å². The first-order valence-electron chi connectivity index (χ1n) is 6.86. The maximum atomic E-state index is 5.88. The van der Waals surface area contributed by atoms with Crippen LogP contribution in [0.1, 0.15) is 6.92 Å². The average molecular weight is 337 g/mol. The zero-order valence-corrected chi connectivity index (χ0v) is 14.2. The molecule has 0 aliphatic carbocycles. The molecule has 0 atom stereocenters. The second-order valence-electron chi connectivity index (χ2n) is 4.45. The van der Waals surface area contributed by atoms with E-state index < -0.39 is 0 Å². The fourth-order valence-corrected chi connectivity index (χ4v) is 2.31. The number of rotatable bonds is 5. The van der Waals surface area contributed by atoms with Crippen LogP contribution in [0.3, 0.4) is 0 Å². The third kappa shape index (κ3) is 3.29. The lowest BCUT2D eigenvalue weighted by Gasteiger charge is -2.13. The number of aromatic nitrogens is 3. The van der Waals surface area contributed by atoms with Gasteiger partial charge in [0.1, 0.15) is 0 Å². The van der Waals surface area contributed by atoms with Gasteiger partial charge in [0.2, 0.25) is 11.7 Å². The van der Waals surface area contributed by atoms with Crippen molar-refractivity contribution in [1.82, 2.24) is 20.1 Å². The average Bonchev–Trinajstić information content (AvgIpc) is 2.95. The smallest absolute Gasteiger partial charge is 0.226 e. The van der Waals surface area contributed by atoms with E-state index in [0.29, 0.717) is 40.3 Å². The summed E-state index contributed by atoms with van der Waals surface area (Å²) in [6, 6.07) is 3.49. The van der Waals surface area contributed by atoms with Crippen molar-refractivity contribution in [2.75, 3.05) is 33.6 Å². The number of ether oxygens (including phenoxy) is 3. The Hall–Kier alpha value is -2.55. The summed E-state index contributed by atoms with van der Waals surface area (Å²) in [6.07, 6.45) is 0. The van der Waals surface area contributed by atoms with Crippen LogP contribution in [0.15, 0.2) is 12.1 Å². The number of nitrogens with zero attached hydrogens (tertiary/aromatic N) is 3. The summed E-state index contributed by atoms with van der Waals surface area (Å²) in [5, 5.41) is 7.69. The van der Waals surface area contributed by atoms with Gasteiger partial charge in [-0.1, -0.05) is 0 Å². The highest BCUT2D eigenvalue weighted by Crippen LogP contribution is 2.40. The normalized spacial score (nSPS) is 10.3. The predicted octanol–water partition coefficient (Wildman–Crippen LogP) is 1.30. The second-order valence-corrected chi connectivity index (χ2v) is 4.84. The molecule has 3 N–H and O–H groups in total. The third-order valence-corrected chi connectivity index (χ3v) is 3.39. The van der Waals surface area contributed by atoms with Gasteiger partial charge in [0.05, 0.1) is 21.3 Å². The van der Waals surface area contributed by atoms with Gasteiger partial charge < -0.3 is 25.3 Å². The Balaban J connectivity index is 2.50. The molecule has 0 unspecified atom stereocenters. The van der Waals surface area contributed by atoms with E-state index in [0.717, 1.165) is 0 Å². The molecule has 0 saturated carbocycles. The van der Waals surface area contributed by atoms with Gasteiger partial charge in [-0.15, -0.1) is 5.10 Å². The van der Waals surface area contributed by atoms with E-state index >= 15 is 0 Å². The van der Waals surface area contributed by atoms with Crippen molar-refractivity contribution in [1.29, 1.82) is 0 Å². The monoisotopic (exact) mass is 337 g/mol. The van der Waals surface area contributed by atoms with Crippen molar-refractivity contribution in [2.45, 2.75) is 6.92 Å². The lowest BCUT2D eigenvalue weighted by molar-refractivity contribution is 0.324. The standard InChI is InChI=1S/C14H19N5O3S/c1-5-16-14(23)19-13(15)17-12(18-19)8-6-9(20-2)11(22-4)10(7-8)21-3/h6-7H,5H2,1-4H3,(H,16,23)(H2,15,17,18). The summed E-state index contributed by atoms with van der Waals surface area (Å²) in [5.74, 6) is 2.10. The van der Waals surface area contributed by atoms with Crippen LogP contribution >= 0.6 is 12.2 Å². The fraction of sp³-hybridized carbons (Fsp3) is 0.357. The first-order chi connectivity index (χ1) is 11.0. The molecule has 0 radical (unpaired) electrons. The summed E-state index contributed by atoms with van der Waals surface area (Å²) in [6.45, 7) is 2.59. The van der Waals surface area contributed by atoms with E-state index in [9.17, 15) is 0 Å². The molecule has 8 nitrogen and oxygen atoms in total. The van der Waals surface area contributed by atoms with Gasteiger partial charge in [0.25, 0.3) is 0 Å². The van der Waals surface area contributed by atoms with E-state index in [1.807, 2.05) is 6.92 Å². The first-order valence-corrected chi connectivity index (χ1v) is 7.27. The largest absolute Gasteiger partial charge is 0.493 e. The van der Waals surface area contributed by atoms with Gasteiger partial charge >= 0.3 is 0 Å². The lowest BCUT2D eigenvalue weighted by Crippen LogP contribution is -2.29. The summed E-state index contributed by atoms with van der Waals surface area (Å²) < 4.78 is 17.3. The minimum atomic E-state index is 0.194. The number of hydrogen-bond acceptors (Lipinski definition) is 7. The van der Waals surface area contributed by atoms with E-state index in [4.69, 9.17) is 32.2 Å². The Morgan fingerprint density at radius 1 is 1.22 bits per heavy atom. The molecular formula is C14H19N5O3S. The topological polar surface area (TPSA) is 96.5 Å². The van der Waals surface area contributed by atoms with Gasteiger partial charge in [-0.05, 0) is 31.3 Å². The molecule has 1 aromatic heterocycles. The van der Waals surface area contributed by atoms with Crippen molar-refractivity contribution in [3.63, 3.8) is 0 Å². The van der Waals surface area contributed by atoms with Crippen LogP contribution in [0, 0.1) is 0 Å². The molecule has 0 aliphatic rings. The van der Waals surface area contributed by atoms with Crippen LogP contribution in [0.2, 0.25) is 0 Å². The van der Waals surface area contributed by atoms with E-state index in [1.165, 1.54) is 4.68 Å². The highest BCUT2D eigenvalue weighted by atomic mass is 32.1.